The Balaban J connectivity index is 2.01. The molecule has 2 rings (SSSR count). The van der Waals surface area contributed by atoms with Gasteiger partial charge in [0.2, 0.25) is 0 Å². The Morgan fingerprint density at radius 3 is 2.42 bits per heavy atom. The lowest BCUT2D eigenvalue weighted by Gasteiger charge is -2.18. The monoisotopic (exact) mass is 273 g/mol. The zero-order chi connectivity index (χ0) is 13.9. The summed E-state index contributed by atoms with van der Waals surface area (Å²) in [7, 11) is 0. The van der Waals surface area contributed by atoms with Crippen LogP contribution in [0.4, 0.5) is 0 Å². The van der Waals surface area contributed by atoms with E-state index in [9.17, 15) is 0 Å². The molecule has 0 atom stereocenters. The second-order valence-corrected chi connectivity index (χ2v) is 6.35. The third-order valence-electron chi connectivity index (χ3n) is 3.25. The minimum absolute atomic E-state index is 0.165. The van der Waals surface area contributed by atoms with Crippen molar-refractivity contribution < 1.29 is 0 Å². The molecule has 0 aliphatic heterocycles. The lowest BCUT2D eigenvalue weighted by Crippen LogP contribution is -2.11. The molecule has 0 aliphatic carbocycles. The van der Waals surface area contributed by atoms with E-state index in [0.717, 1.165) is 23.6 Å². The fourth-order valence-corrected chi connectivity index (χ4v) is 2.19. The number of benzene rings is 1. The van der Waals surface area contributed by atoms with Gasteiger partial charge in [-0.2, -0.15) is 0 Å². The molecule has 0 bridgehead atoms. The lowest BCUT2D eigenvalue weighted by atomic mass is 9.88. The predicted molar refractivity (Wildman–Crippen MR) is 81.8 cm³/mol. The van der Waals surface area contributed by atoms with E-state index in [4.69, 9.17) is 11.6 Å². The SMILES string of the molecule is CC(C)(C)c1ccc(CCc2cccc(Cl)c2)nc1. The Hall–Kier alpha value is -1.34. The first-order valence-electron chi connectivity index (χ1n) is 6.65. The fourth-order valence-electron chi connectivity index (χ4n) is 1.98. The molecule has 0 radical (unpaired) electrons. The summed E-state index contributed by atoms with van der Waals surface area (Å²) in [6.45, 7) is 6.61. The number of hydrogen-bond acceptors (Lipinski definition) is 1. The zero-order valence-electron chi connectivity index (χ0n) is 11.8. The van der Waals surface area contributed by atoms with Crippen molar-refractivity contribution in [2.75, 3.05) is 0 Å². The van der Waals surface area contributed by atoms with Crippen LogP contribution in [-0.2, 0) is 18.3 Å². The molecule has 0 amide bonds. The van der Waals surface area contributed by atoms with Crippen molar-refractivity contribution in [3.05, 3.63) is 64.4 Å². The average molecular weight is 274 g/mol. The summed E-state index contributed by atoms with van der Waals surface area (Å²) in [6, 6.07) is 12.3. The van der Waals surface area contributed by atoms with Crippen LogP contribution in [0.2, 0.25) is 5.02 Å². The highest BCUT2D eigenvalue weighted by Gasteiger charge is 2.13. The van der Waals surface area contributed by atoms with Crippen LogP contribution < -0.4 is 0 Å². The van der Waals surface area contributed by atoms with Crippen LogP contribution in [0.1, 0.15) is 37.6 Å². The Labute approximate surface area is 120 Å². The number of nitrogens with zero attached hydrogens (tertiary/aromatic N) is 1. The van der Waals surface area contributed by atoms with Crippen LogP contribution in [0.15, 0.2) is 42.6 Å². The molecule has 0 aliphatic rings. The van der Waals surface area contributed by atoms with Crippen molar-refractivity contribution >= 4 is 11.6 Å². The van der Waals surface area contributed by atoms with E-state index in [-0.39, 0.29) is 5.41 Å². The summed E-state index contributed by atoms with van der Waals surface area (Å²) in [4.78, 5) is 4.55. The third kappa shape index (κ3) is 4.07. The maximum Gasteiger partial charge on any atom is 0.0408 e. The molecule has 1 heterocycles. The molecule has 2 heteroatoms. The molecule has 0 spiro atoms. The van der Waals surface area contributed by atoms with Gasteiger partial charge in [0.1, 0.15) is 0 Å². The van der Waals surface area contributed by atoms with E-state index in [1.165, 1.54) is 11.1 Å². The number of aryl methyl sites for hydroxylation is 2. The molecule has 1 aromatic heterocycles. The largest absolute Gasteiger partial charge is 0.261 e. The van der Waals surface area contributed by atoms with E-state index in [1.807, 2.05) is 24.4 Å². The standard InChI is InChI=1S/C17H20ClN/c1-17(2,3)14-8-10-16(19-12-14)9-7-13-5-4-6-15(18)11-13/h4-6,8,10-12H,7,9H2,1-3H3. The van der Waals surface area contributed by atoms with E-state index in [0.29, 0.717) is 0 Å². The molecule has 0 N–H and O–H groups in total. The van der Waals surface area contributed by atoms with Gasteiger partial charge in [-0.15, -0.1) is 0 Å². The van der Waals surface area contributed by atoms with Crippen molar-refractivity contribution in [1.29, 1.82) is 0 Å². The van der Waals surface area contributed by atoms with E-state index in [2.05, 4.69) is 44.0 Å². The topological polar surface area (TPSA) is 12.9 Å². The van der Waals surface area contributed by atoms with Gasteiger partial charge in [0, 0.05) is 16.9 Å². The van der Waals surface area contributed by atoms with Crippen molar-refractivity contribution in [2.24, 2.45) is 0 Å². The Bertz CT molecular complexity index is 538. The van der Waals surface area contributed by atoms with Gasteiger partial charge < -0.3 is 0 Å². The number of halogens is 1. The molecule has 2 aromatic rings. The van der Waals surface area contributed by atoms with Gasteiger partial charge in [-0.3, -0.25) is 4.98 Å². The molecule has 0 fully saturated rings. The third-order valence-corrected chi connectivity index (χ3v) is 3.48. The summed E-state index contributed by atoms with van der Waals surface area (Å²) in [5.41, 5.74) is 3.83. The summed E-state index contributed by atoms with van der Waals surface area (Å²) in [5, 5.41) is 0.800. The highest BCUT2D eigenvalue weighted by atomic mass is 35.5. The lowest BCUT2D eigenvalue weighted by molar-refractivity contribution is 0.586. The minimum Gasteiger partial charge on any atom is -0.261 e. The van der Waals surface area contributed by atoms with Crippen molar-refractivity contribution in [3.63, 3.8) is 0 Å². The van der Waals surface area contributed by atoms with Crippen LogP contribution in [0.3, 0.4) is 0 Å². The van der Waals surface area contributed by atoms with Gasteiger partial charge in [-0.25, -0.2) is 0 Å². The Morgan fingerprint density at radius 2 is 1.84 bits per heavy atom. The molecule has 100 valence electrons. The van der Waals surface area contributed by atoms with Crippen molar-refractivity contribution in [2.45, 2.75) is 39.0 Å². The number of rotatable bonds is 3. The average Bonchev–Trinajstić information content (AvgIpc) is 2.36. The molecule has 19 heavy (non-hydrogen) atoms. The van der Waals surface area contributed by atoms with E-state index >= 15 is 0 Å². The second kappa shape index (κ2) is 5.75. The summed E-state index contributed by atoms with van der Waals surface area (Å²) >= 11 is 5.98. The highest BCUT2D eigenvalue weighted by Crippen LogP contribution is 2.21. The maximum atomic E-state index is 5.98. The highest BCUT2D eigenvalue weighted by molar-refractivity contribution is 6.30. The molecule has 0 unspecified atom stereocenters. The van der Waals surface area contributed by atoms with Gasteiger partial charge in [0.05, 0.1) is 0 Å². The summed E-state index contributed by atoms with van der Waals surface area (Å²) < 4.78 is 0. The molecule has 0 saturated carbocycles. The molecule has 1 nitrogen and oxygen atoms in total. The van der Waals surface area contributed by atoms with Gasteiger partial charge in [0.15, 0.2) is 0 Å². The Morgan fingerprint density at radius 1 is 1.05 bits per heavy atom. The Kier molecular flexibility index (Phi) is 4.26. The van der Waals surface area contributed by atoms with Crippen LogP contribution in [0, 0.1) is 0 Å². The first kappa shape index (κ1) is 14.1. The second-order valence-electron chi connectivity index (χ2n) is 5.92. The molecule has 1 aromatic carbocycles. The summed E-state index contributed by atoms with van der Waals surface area (Å²) in [5.74, 6) is 0. The molecular weight excluding hydrogens is 254 g/mol. The van der Waals surface area contributed by atoms with Crippen LogP contribution in [-0.4, -0.2) is 4.98 Å². The van der Waals surface area contributed by atoms with Crippen molar-refractivity contribution in [1.82, 2.24) is 4.98 Å². The maximum absolute atomic E-state index is 5.98. The number of aromatic nitrogens is 1. The van der Waals surface area contributed by atoms with Gasteiger partial charge in [-0.05, 0) is 47.6 Å². The summed E-state index contributed by atoms with van der Waals surface area (Å²) in [6.07, 6.45) is 3.92. The van der Waals surface area contributed by atoms with E-state index < -0.39 is 0 Å². The fraction of sp³-hybridized carbons (Fsp3) is 0.353. The van der Waals surface area contributed by atoms with Gasteiger partial charge in [-0.1, -0.05) is 50.6 Å². The first-order valence-corrected chi connectivity index (χ1v) is 7.03. The van der Waals surface area contributed by atoms with Crippen molar-refractivity contribution in [3.8, 4) is 0 Å². The minimum atomic E-state index is 0.165. The van der Waals surface area contributed by atoms with Crippen LogP contribution in [0.25, 0.3) is 0 Å². The van der Waals surface area contributed by atoms with Crippen LogP contribution >= 0.6 is 11.6 Å². The normalized spacial score (nSPS) is 11.6. The molecular formula is C17H20ClN. The zero-order valence-corrected chi connectivity index (χ0v) is 12.5. The van der Waals surface area contributed by atoms with E-state index in [1.54, 1.807) is 0 Å². The van der Waals surface area contributed by atoms with Crippen LogP contribution in [0.5, 0.6) is 0 Å². The van der Waals surface area contributed by atoms with Gasteiger partial charge in [0.25, 0.3) is 0 Å². The smallest absolute Gasteiger partial charge is 0.0408 e. The molecule has 0 saturated heterocycles. The quantitative estimate of drug-likeness (QED) is 0.781. The first-order chi connectivity index (χ1) is 8.95. The number of pyridine rings is 1. The van der Waals surface area contributed by atoms with Gasteiger partial charge >= 0.3 is 0 Å². The predicted octanol–water partition coefficient (Wildman–Crippen LogP) is 4.82. The number of hydrogen-bond donors (Lipinski definition) is 0.